The first-order chi connectivity index (χ1) is 8.93. The average Bonchev–Trinajstić information content (AvgIpc) is 2.34. The number of amides is 1. The van der Waals surface area contributed by atoms with Crippen molar-refractivity contribution in [1.82, 2.24) is 0 Å². The standard InChI is InChI=1S/C13H17BrN2O3/c1-2-3-4-11(15)12(17)16-10-6-8(13(18)19)5-9(14)7-10/h5-7,11H,2-4,15H2,1H3,(H,16,17)(H,18,19). The van der Waals surface area contributed by atoms with Crippen LogP contribution < -0.4 is 11.1 Å². The maximum atomic E-state index is 11.8. The van der Waals surface area contributed by atoms with Crippen molar-refractivity contribution in [3.8, 4) is 0 Å². The fraction of sp³-hybridized carbons (Fsp3) is 0.385. The number of hydrogen-bond acceptors (Lipinski definition) is 3. The lowest BCUT2D eigenvalue weighted by Crippen LogP contribution is -2.35. The Kier molecular flexibility index (Phi) is 5.98. The van der Waals surface area contributed by atoms with Crippen LogP contribution in [0.5, 0.6) is 0 Å². The largest absolute Gasteiger partial charge is 0.478 e. The van der Waals surface area contributed by atoms with E-state index in [4.69, 9.17) is 10.8 Å². The highest BCUT2D eigenvalue weighted by atomic mass is 79.9. The number of carboxylic acids is 1. The Bertz CT molecular complexity index is 477. The van der Waals surface area contributed by atoms with Gasteiger partial charge >= 0.3 is 5.97 Å². The van der Waals surface area contributed by atoms with Gasteiger partial charge in [-0.25, -0.2) is 4.79 Å². The molecule has 1 rings (SSSR count). The van der Waals surface area contributed by atoms with E-state index in [1.165, 1.54) is 12.1 Å². The van der Waals surface area contributed by atoms with E-state index in [0.717, 1.165) is 12.8 Å². The van der Waals surface area contributed by atoms with Crippen LogP contribution in [-0.2, 0) is 4.79 Å². The van der Waals surface area contributed by atoms with Gasteiger partial charge in [0.25, 0.3) is 0 Å². The third-order valence-corrected chi connectivity index (χ3v) is 3.08. The summed E-state index contributed by atoms with van der Waals surface area (Å²) in [5.41, 5.74) is 6.27. The average molecular weight is 329 g/mol. The molecule has 0 aliphatic rings. The summed E-state index contributed by atoms with van der Waals surface area (Å²) < 4.78 is 0.588. The molecule has 6 heteroatoms. The number of rotatable bonds is 6. The molecule has 4 N–H and O–H groups in total. The number of nitrogens with two attached hydrogens (primary N) is 1. The summed E-state index contributed by atoms with van der Waals surface area (Å²) in [7, 11) is 0. The molecule has 0 aromatic heterocycles. The molecule has 0 spiro atoms. The van der Waals surface area contributed by atoms with Crippen molar-refractivity contribution in [2.24, 2.45) is 5.73 Å². The van der Waals surface area contributed by atoms with Gasteiger partial charge in [-0.3, -0.25) is 4.79 Å². The summed E-state index contributed by atoms with van der Waals surface area (Å²) in [6, 6.07) is 3.93. The molecule has 1 aromatic rings. The van der Waals surface area contributed by atoms with Crippen molar-refractivity contribution in [2.45, 2.75) is 32.2 Å². The zero-order chi connectivity index (χ0) is 14.4. The van der Waals surface area contributed by atoms with Crippen molar-refractivity contribution >= 4 is 33.5 Å². The number of carboxylic acid groups (broad SMARTS) is 1. The van der Waals surface area contributed by atoms with Crippen LogP contribution in [0.15, 0.2) is 22.7 Å². The monoisotopic (exact) mass is 328 g/mol. The Morgan fingerprint density at radius 2 is 2.11 bits per heavy atom. The number of nitrogens with one attached hydrogen (secondary N) is 1. The smallest absolute Gasteiger partial charge is 0.335 e. The van der Waals surface area contributed by atoms with E-state index >= 15 is 0 Å². The molecule has 1 amide bonds. The Labute approximate surface area is 120 Å². The zero-order valence-electron chi connectivity index (χ0n) is 10.6. The van der Waals surface area contributed by atoms with Crippen molar-refractivity contribution in [2.75, 3.05) is 5.32 Å². The molecule has 1 atom stereocenters. The summed E-state index contributed by atoms with van der Waals surface area (Å²) >= 11 is 3.20. The lowest BCUT2D eigenvalue weighted by molar-refractivity contribution is -0.117. The van der Waals surface area contributed by atoms with Gasteiger partial charge in [-0.15, -0.1) is 0 Å². The maximum Gasteiger partial charge on any atom is 0.335 e. The molecule has 0 heterocycles. The van der Waals surface area contributed by atoms with Crippen LogP contribution in [0.1, 0.15) is 36.5 Å². The summed E-state index contributed by atoms with van der Waals surface area (Å²) in [6.45, 7) is 2.03. The lowest BCUT2D eigenvalue weighted by Gasteiger charge is -2.12. The number of carbonyl (C=O) groups excluding carboxylic acids is 1. The second kappa shape index (κ2) is 7.25. The van der Waals surface area contributed by atoms with E-state index in [1.54, 1.807) is 6.07 Å². The third-order valence-electron chi connectivity index (χ3n) is 2.62. The molecule has 19 heavy (non-hydrogen) atoms. The highest BCUT2D eigenvalue weighted by Gasteiger charge is 2.14. The van der Waals surface area contributed by atoms with Crippen molar-refractivity contribution in [3.63, 3.8) is 0 Å². The summed E-state index contributed by atoms with van der Waals surface area (Å²) in [5.74, 6) is -1.35. The van der Waals surface area contributed by atoms with Crippen LogP contribution in [0.2, 0.25) is 0 Å². The van der Waals surface area contributed by atoms with Crippen molar-refractivity contribution in [3.05, 3.63) is 28.2 Å². The fourth-order valence-electron chi connectivity index (χ4n) is 1.58. The van der Waals surface area contributed by atoms with E-state index in [2.05, 4.69) is 21.2 Å². The zero-order valence-corrected chi connectivity index (χ0v) is 12.2. The van der Waals surface area contributed by atoms with Crippen LogP contribution in [0.4, 0.5) is 5.69 Å². The van der Waals surface area contributed by atoms with Gasteiger partial charge in [-0.1, -0.05) is 35.7 Å². The number of aromatic carboxylic acids is 1. The first kappa shape index (κ1) is 15.7. The minimum Gasteiger partial charge on any atom is -0.478 e. The SMILES string of the molecule is CCCCC(N)C(=O)Nc1cc(Br)cc(C(=O)O)c1. The van der Waals surface area contributed by atoms with Crippen LogP contribution >= 0.6 is 15.9 Å². The minimum absolute atomic E-state index is 0.104. The maximum absolute atomic E-state index is 11.8. The molecule has 0 saturated heterocycles. The molecule has 0 aliphatic carbocycles. The van der Waals surface area contributed by atoms with Gasteiger partial charge in [0, 0.05) is 10.2 Å². The van der Waals surface area contributed by atoms with E-state index in [1.807, 2.05) is 6.92 Å². The predicted octanol–water partition coefficient (Wildman–Crippen LogP) is 2.60. The van der Waals surface area contributed by atoms with Gasteiger partial charge in [-0.05, 0) is 24.6 Å². The lowest BCUT2D eigenvalue weighted by atomic mass is 10.1. The number of carbonyl (C=O) groups is 2. The molecule has 0 radical (unpaired) electrons. The van der Waals surface area contributed by atoms with Crippen molar-refractivity contribution < 1.29 is 14.7 Å². The molecule has 1 aromatic carbocycles. The number of halogens is 1. The molecule has 0 saturated carbocycles. The van der Waals surface area contributed by atoms with Gasteiger partial charge in [-0.2, -0.15) is 0 Å². The highest BCUT2D eigenvalue weighted by Crippen LogP contribution is 2.20. The molecule has 5 nitrogen and oxygen atoms in total. The Hall–Kier alpha value is -1.40. The summed E-state index contributed by atoms with van der Waals surface area (Å²) in [4.78, 5) is 22.7. The second-order valence-electron chi connectivity index (χ2n) is 4.27. The number of anilines is 1. The molecular weight excluding hydrogens is 312 g/mol. The Morgan fingerprint density at radius 1 is 1.42 bits per heavy atom. The summed E-state index contributed by atoms with van der Waals surface area (Å²) in [6.07, 6.45) is 2.47. The van der Waals surface area contributed by atoms with E-state index in [9.17, 15) is 9.59 Å². The molecule has 0 fully saturated rings. The van der Waals surface area contributed by atoms with Gasteiger partial charge in [0.1, 0.15) is 0 Å². The topological polar surface area (TPSA) is 92.4 Å². The van der Waals surface area contributed by atoms with E-state index < -0.39 is 12.0 Å². The first-order valence-corrected chi connectivity index (χ1v) is 6.83. The summed E-state index contributed by atoms with van der Waals surface area (Å²) in [5, 5.41) is 11.6. The Morgan fingerprint density at radius 3 is 2.68 bits per heavy atom. The molecular formula is C13H17BrN2O3. The van der Waals surface area contributed by atoms with Gasteiger partial charge in [0.05, 0.1) is 11.6 Å². The van der Waals surface area contributed by atoms with Crippen LogP contribution in [0.3, 0.4) is 0 Å². The predicted molar refractivity (Wildman–Crippen MR) is 77.2 cm³/mol. The van der Waals surface area contributed by atoms with Gasteiger partial charge in [0.15, 0.2) is 0 Å². The van der Waals surface area contributed by atoms with Crippen molar-refractivity contribution in [1.29, 1.82) is 0 Å². The normalized spacial score (nSPS) is 11.9. The quantitative estimate of drug-likeness (QED) is 0.748. The van der Waals surface area contributed by atoms with E-state index in [-0.39, 0.29) is 11.5 Å². The Balaban J connectivity index is 2.76. The highest BCUT2D eigenvalue weighted by molar-refractivity contribution is 9.10. The van der Waals surface area contributed by atoms with E-state index in [0.29, 0.717) is 16.6 Å². The molecule has 1 unspecified atom stereocenters. The first-order valence-electron chi connectivity index (χ1n) is 6.04. The number of unbranched alkanes of at least 4 members (excludes halogenated alkanes) is 1. The molecule has 0 aliphatic heterocycles. The van der Waals surface area contributed by atoms with Gasteiger partial charge < -0.3 is 16.2 Å². The molecule has 104 valence electrons. The minimum atomic E-state index is -1.05. The number of benzene rings is 1. The van der Waals surface area contributed by atoms with Crippen LogP contribution in [0.25, 0.3) is 0 Å². The number of hydrogen-bond donors (Lipinski definition) is 3. The molecule has 0 bridgehead atoms. The van der Waals surface area contributed by atoms with Gasteiger partial charge in [0.2, 0.25) is 5.91 Å². The van der Waals surface area contributed by atoms with Crippen LogP contribution in [0, 0.1) is 0 Å². The van der Waals surface area contributed by atoms with Crippen LogP contribution in [-0.4, -0.2) is 23.0 Å². The second-order valence-corrected chi connectivity index (χ2v) is 5.19. The fourth-order valence-corrected chi connectivity index (χ4v) is 2.07. The third kappa shape index (κ3) is 5.00.